The van der Waals surface area contributed by atoms with Crippen molar-refractivity contribution >= 4 is 15.8 Å². The third kappa shape index (κ3) is 3.45. The molecule has 21 heavy (non-hydrogen) atoms. The largest absolute Gasteiger partial charge is 0.297 e. The predicted molar refractivity (Wildman–Crippen MR) is 76.3 cm³/mol. The van der Waals surface area contributed by atoms with Crippen LogP contribution >= 0.6 is 0 Å². The van der Waals surface area contributed by atoms with Gasteiger partial charge < -0.3 is 0 Å². The van der Waals surface area contributed by atoms with E-state index in [2.05, 4.69) is 0 Å². The van der Waals surface area contributed by atoms with Crippen molar-refractivity contribution in [1.29, 1.82) is 0 Å². The van der Waals surface area contributed by atoms with E-state index in [0.717, 1.165) is 0 Å². The number of aryl methyl sites for hydroxylation is 1. The molecule has 2 aromatic carbocycles. The van der Waals surface area contributed by atoms with E-state index in [0.29, 0.717) is 5.56 Å². The molecule has 0 fully saturated rings. The van der Waals surface area contributed by atoms with Crippen LogP contribution in [0.25, 0.3) is 0 Å². The lowest BCUT2D eigenvalue weighted by Crippen LogP contribution is -2.09. The Morgan fingerprint density at radius 2 is 1.71 bits per heavy atom. The van der Waals surface area contributed by atoms with Gasteiger partial charge >= 0.3 is 0 Å². The van der Waals surface area contributed by atoms with Crippen LogP contribution in [-0.2, 0) is 20.9 Å². The van der Waals surface area contributed by atoms with E-state index >= 15 is 0 Å². The second kappa shape index (κ2) is 6.02. The first-order valence-corrected chi connectivity index (χ1v) is 7.50. The number of hydrogen-bond donors (Lipinski definition) is 0. The molecule has 0 bridgehead atoms. The highest BCUT2D eigenvalue weighted by Crippen LogP contribution is 2.22. The molecule has 2 rings (SSSR count). The maximum Gasteiger partial charge on any atom is 0.297 e. The molecule has 0 saturated carbocycles. The van der Waals surface area contributed by atoms with Crippen molar-refractivity contribution in [2.45, 2.75) is 18.4 Å². The maximum absolute atomic E-state index is 12.1. The zero-order valence-corrected chi connectivity index (χ0v) is 12.0. The summed E-state index contributed by atoms with van der Waals surface area (Å²) < 4.78 is 29.2. The van der Waals surface area contributed by atoms with Crippen LogP contribution in [0.15, 0.2) is 53.4 Å². The van der Waals surface area contributed by atoms with Crippen LogP contribution in [0.5, 0.6) is 0 Å². The lowest BCUT2D eigenvalue weighted by molar-refractivity contribution is -0.385. The summed E-state index contributed by atoms with van der Waals surface area (Å²) in [5.74, 6) is 0. The Labute approximate surface area is 122 Å². The number of nitro groups is 1. The fourth-order valence-electron chi connectivity index (χ4n) is 1.85. The predicted octanol–water partition coefficient (Wildman–Crippen LogP) is 2.81. The fraction of sp³-hybridized carbons (Fsp3) is 0.143. The molecule has 0 aliphatic carbocycles. The van der Waals surface area contributed by atoms with Crippen LogP contribution in [-0.4, -0.2) is 13.3 Å². The zero-order chi connectivity index (χ0) is 15.5. The van der Waals surface area contributed by atoms with Gasteiger partial charge in [-0.25, -0.2) is 0 Å². The van der Waals surface area contributed by atoms with Crippen molar-refractivity contribution in [1.82, 2.24) is 0 Å². The highest BCUT2D eigenvalue weighted by atomic mass is 32.2. The Morgan fingerprint density at radius 1 is 1.10 bits per heavy atom. The lowest BCUT2D eigenvalue weighted by atomic mass is 10.2. The maximum atomic E-state index is 12.1. The molecule has 7 heteroatoms. The molecule has 0 amide bonds. The number of nitrogens with zero attached hydrogens (tertiary/aromatic N) is 1. The summed E-state index contributed by atoms with van der Waals surface area (Å²) in [5, 5.41) is 10.9. The van der Waals surface area contributed by atoms with Gasteiger partial charge in [-0.2, -0.15) is 8.42 Å². The first-order chi connectivity index (χ1) is 9.92. The van der Waals surface area contributed by atoms with Gasteiger partial charge in [0.15, 0.2) is 0 Å². The second-order valence-corrected chi connectivity index (χ2v) is 5.95. The molecule has 0 radical (unpaired) electrons. The van der Waals surface area contributed by atoms with Crippen LogP contribution in [0.3, 0.4) is 0 Å². The number of para-hydroxylation sites is 1. The molecule has 0 atom stereocenters. The summed E-state index contributed by atoms with van der Waals surface area (Å²) in [5.41, 5.74) is 0.595. The molecule has 0 aliphatic heterocycles. The van der Waals surface area contributed by atoms with Crippen LogP contribution in [0.1, 0.15) is 11.1 Å². The molecule has 0 aliphatic rings. The quantitative estimate of drug-likeness (QED) is 0.481. The molecule has 0 unspecified atom stereocenters. The summed E-state index contributed by atoms with van der Waals surface area (Å²) in [7, 11) is -3.95. The minimum atomic E-state index is -3.95. The molecule has 0 spiro atoms. The van der Waals surface area contributed by atoms with E-state index in [1.165, 1.54) is 24.3 Å². The summed E-state index contributed by atoms with van der Waals surface area (Å²) >= 11 is 0. The Hall–Kier alpha value is -2.25. The summed E-state index contributed by atoms with van der Waals surface area (Å²) in [6, 6.07) is 12.3. The van der Waals surface area contributed by atoms with E-state index in [-0.39, 0.29) is 22.8 Å². The minimum absolute atomic E-state index is 0.0589. The normalized spacial score (nSPS) is 11.3. The topological polar surface area (TPSA) is 86.5 Å². The zero-order valence-electron chi connectivity index (χ0n) is 11.2. The molecule has 0 aromatic heterocycles. The average molecular weight is 307 g/mol. The highest BCUT2D eigenvalue weighted by molar-refractivity contribution is 7.86. The van der Waals surface area contributed by atoms with Crippen molar-refractivity contribution in [3.63, 3.8) is 0 Å². The first kappa shape index (κ1) is 15.1. The number of benzene rings is 2. The molecular formula is C14H13NO5S. The summed E-state index contributed by atoms with van der Waals surface area (Å²) in [6.07, 6.45) is 0. The van der Waals surface area contributed by atoms with E-state index < -0.39 is 15.0 Å². The molecule has 6 nitrogen and oxygen atoms in total. The molecule has 110 valence electrons. The Balaban J connectivity index is 2.24. The fourth-order valence-corrected chi connectivity index (χ4v) is 2.97. The molecule has 0 heterocycles. The smallest absolute Gasteiger partial charge is 0.261 e. The van der Waals surface area contributed by atoms with E-state index in [9.17, 15) is 18.5 Å². The molecule has 0 saturated heterocycles. The van der Waals surface area contributed by atoms with Gasteiger partial charge in [0.05, 0.1) is 22.0 Å². The summed E-state index contributed by atoms with van der Waals surface area (Å²) in [6.45, 7) is 1.27. The average Bonchev–Trinajstić information content (AvgIpc) is 2.45. The van der Waals surface area contributed by atoms with E-state index in [1.54, 1.807) is 31.2 Å². The van der Waals surface area contributed by atoms with Crippen molar-refractivity contribution in [2.75, 3.05) is 0 Å². The van der Waals surface area contributed by atoms with Crippen LogP contribution in [0.4, 0.5) is 5.69 Å². The number of hydrogen-bond acceptors (Lipinski definition) is 5. The number of nitro benzene ring substituents is 1. The lowest BCUT2D eigenvalue weighted by Gasteiger charge is -2.08. The first-order valence-electron chi connectivity index (χ1n) is 6.09. The van der Waals surface area contributed by atoms with Gasteiger partial charge in [-0.3, -0.25) is 14.3 Å². The molecule has 2 aromatic rings. The van der Waals surface area contributed by atoms with Gasteiger partial charge in [0.1, 0.15) is 0 Å². The van der Waals surface area contributed by atoms with Gasteiger partial charge in [-0.15, -0.1) is 0 Å². The Kier molecular flexibility index (Phi) is 4.35. The molecule has 0 N–H and O–H groups in total. The highest BCUT2D eigenvalue weighted by Gasteiger charge is 2.20. The van der Waals surface area contributed by atoms with Crippen molar-refractivity contribution in [2.24, 2.45) is 0 Å². The third-order valence-corrected chi connectivity index (χ3v) is 4.35. The third-order valence-electron chi connectivity index (χ3n) is 2.92. The second-order valence-electron chi connectivity index (χ2n) is 4.37. The Morgan fingerprint density at radius 3 is 2.38 bits per heavy atom. The van der Waals surface area contributed by atoms with Gasteiger partial charge in [-0.1, -0.05) is 30.3 Å². The van der Waals surface area contributed by atoms with Crippen LogP contribution in [0, 0.1) is 17.0 Å². The van der Waals surface area contributed by atoms with Crippen LogP contribution in [0.2, 0.25) is 0 Å². The van der Waals surface area contributed by atoms with E-state index in [1.807, 2.05) is 0 Å². The van der Waals surface area contributed by atoms with Crippen molar-refractivity contribution in [3.8, 4) is 0 Å². The van der Waals surface area contributed by atoms with Gasteiger partial charge in [0.25, 0.3) is 15.8 Å². The monoisotopic (exact) mass is 307 g/mol. The number of rotatable bonds is 5. The van der Waals surface area contributed by atoms with Gasteiger partial charge in [0.2, 0.25) is 0 Å². The minimum Gasteiger partial charge on any atom is -0.261 e. The van der Waals surface area contributed by atoms with E-state index in [4.69, 9.17) is 4.18 Å². The summed E-state index contributed by atoms with van der Waals surface area (Å²) in [4.78, 5) is 10.4. The van der Waals surface area contributed by atoms with Crippen molar-refractivity contribution < 1.29 is 17.5 Å². The SMILES string of the molecule is Cc1ccccc1S(=O)(=O)OCc1ccccc1[N+](=O)[O-]. The Bertz CT molecular complexity index is 770. The molecular weight excluding hydrogens is 294 g/mol. The van der Waals surface area contributed by atoms with Crippen molar-refractivity contribution in [3.05, 3.63) is 69.8 Å². The van der Waals surface area contributed by atoms with Gasteiger partial charge in [0, 0.05) is 6.07 Å². The van der Waals surface area contributed by atoms with Gasteiger partial charge in [-0.05, 0) is 24.6 Å². The van der Waals surface area contributed by atoms with Crippen LogP contribution < -0.4 is 0 Å². The standard InChI is InChI=1S/C14H13NO5S/c1-11-6-2-5-9-14(11)21(18,19)20-10-12-7-3-4-8-13(12)15(16)17/h2-9H,10H2,1H3.